The maximum atomic E-state index is 4.49. The molecule has 0 aromatic carbocycles. The van der Waals surface area contributed by atoms with Gasteiger partial charge in [-0.15, -0.1) is 0 Å². The highest BCUT2D eigenvalue weighted by Crippen LogP contribution is 2.31. The van der Waals surface area contributed by atoms with Crippen LogP contribution in [0, 0.1) is 11.8 Å². The normalized spacial score (nSPS) is 20.7. The SMILES string of the molecule is CC(C1CCCCC1)N(C)c1ncnc2[nH]ccc12.CNC(C)C1CCCCC1. The third kappa shape index (κ3) is 5.71. The third-order valence-electron chi connectivity index (χ3n) is 7.42. The van der Waals surface area contributed by atoms with Gasteiger partial charge in [0.25, 0.3) is 0 Å². The number of hydrogen-bond donors (Lipinski definition) is 2. The lowest BCUT2D eigenvalue weighted by Crippen LogP contribution is -2.37. The second kappa shape index (κ2) is 11.0. The summed E-state index contributed by atoms with van der Waals surface area (Å²) in [5, 5.41) is 4.45. The van der Waals surface area contributed by atoms with Crippen LogP contribution in [0.25, 0.3) is 11.0 Å². The molecule has 2 unspecified atom stereocenters. The molecule has 2 aliphatic rings. The number of anilines is 1. The van der Waals surface area contributed by atoms with Crippen molar-refractivity contribution in [1.29, 1.82) is 0 Å². The van der Waals surface area contributed by atoms with E-state index in [4.69, 9.17) is 0 Å². The number of nitrogens with one attached hydrogen (secondary N) is 2. The molecular formula is C24H41N5. The zero-order valence-electron chi connectivity index (χ0n) is 19.0. The van der Waals surface area contributed by atoms with Crippen LogP contribution < -0.4 is 10.2 Å². The van der Waals surface area contributed by atoms with Crippen LogP contribution in [-0.4, -0.2) is 41.1 Å². The van der Waals surface area contributed by atoms with Crippen molar-refractivity contribution in [3.8, 4) is 0 Å². The van der Waals surface area contributed by atoms with E-state index in [-0.39, 0.29) is 0 Å². The van der Waals surface area contributed by atoms with E-state index in [1.54, 1.807) is 6.33 Å². The van der Waals surface area contributed by atoms with Crippen LogP contribution in [0.5, 0.6) is 0 Å². The van der Waals surface area contributed by atoms with E-state index in [1.807, 2.05) is 6.20 Å². The van der Waals surface area contributed by atoms with E-state index in [9.17, 15) is 0 Å². The van der Waals surface area contributed by atoms with Crippen molar-refractivity contribution >= 4 is 16.9 Å². The molecule has 0 amide bonds. The summed E-state index contributed by atoms with van der Waals surface area (Å²) in [5.74, 6) is 2.80. The van der Waals surface area contributed by atoms with Gasteiger partial charge in [-0.3, -0.25) is 0 Å². The standard InChI is InChI=1S/C15H22N4.C9H19N/c1-11(12-6-4-3-5-7-12)19(2)15-13-8-9-16-14(13)17-10-18-15;1-8(10-2)9-6-4-3-5-7-9/h8-12H,3-7H2,1-2H3,(H,16,17,18);8-10H,3-7H2,1-2H3. The number of aromatic nitrogens is 3. The predicted molar refractivity (Wildman–Crippen MR) is 123 cm³/mol. The fourth-order valence-electron chi connectivity index (χ4n) is 5.14. The Bertz CT molecular complexity index is 715. The lowest BCUT2D eigenvalue weighted by Gasteiger charge is -2.35. The van der Waals surface area contributed by atoms with Gasteiger partial charge in [0.1, 0.15) is 17.8 Å². The largest absolute Gasteiger partial charge is 0.356 e. The second-order valence-corrected chi connectivity index (χ2v) is 9.16. The Labute approximate surface area is 177 Å². The van der Waals surface area contributed by atoms with Crippen LogP contribution in [0.4, 0.5) is 5.82 Å². The fraction of sp³-hybridized carbons (Fsp3) is 0.750. The summed E-state index contributed by atoms with van der Waals surface area (Å²) >= 11 is 0. The topological polar surface area (TPSA) is 56.8 Å². The van der Waals surface area contributed by atoms with Crippen LogP contribution in [-0.2, 0) is 0 Å². The summed E-state index contributed by atoms with van der Waals surface area (Å²) in [6, 6.07) is 3.34. The summed E-state index contributed by atoms with van der Waals surface area (Å²) in [5.41, 5.74) is 0.924. The number of nitrogens with zero attached hydrogens (tertiary/aromatic N) is 3. The number of aromatic amines is 1. The molecule has 2 N–H and O–H groups in total. The zero-order valence-corrected chi connectivity index (χ0v) is 19.0. The van der Waals surface area contributed by atoms with Crippen LogP contribution in [0.1, 0.15) is 78.1 Å². The minimum absolute atomic E-state index is 0.535. The van der Waals surface area contributed by atoms with Gasteiger partial charge in [-0.05, 0) is 64.5 Å². The number of fused-ring (bicyclic) bond motifs is 1. The van der Waals surface area contributed by atoms with Gasteiger partial charge in [-0.2, -0.15) is 0 Å². The maximum absolute atomic E-state index is 4.49. The van der Waals surface area contributed by atoms with Crippen molar-refractivity contribution in [2.75, 3.05) is 19.0 Å². The van der Waals surface area contributed by atoms with Gasteiger partial charge in [0.15, 0.2) is 0 Å². The molecule has 2 atom stereocenters. The third-order valence-corrected chi connectivity index (χ3v) is 7.42. The van der Waals surface area contributed by atoms with E-state index in [1.165, 1.54) is 64.2 Å². The predicted octanol–water partition coefficient (Wildman–Crippen LogP) is 5.54. The van der Waals surface area contributed by atoms with Crippen molar-refractivity contribution in [2.45, 2.75) is 90.1 Å². The van der Waals surface area contributed by atoms with Gasteiger partial charge in [0.2, 0.25) is 0 Å². The van der Waals surface area contributed by atoms with Crippen molar-refractivity contribution in [1.82, 2.24) is 20.3 Å². The smallest absolute Gasteiger partial charge is 0.142 e. The Kier molecular flexibility index (Phi) is 8.34. The molecule has 4 rings (SSSR count). The zero-order chi connectivity index (χ0) is 20.6. The molecule has 2 aliphatic carbocycles. The van der Waals surface area contributed by atoms with Crippen molar-refractivity contribution in [3.63, 3.8) is 0 Å². The van der Waals surface area contributed by atoms with Gasteiger partial charge in [-0.1, -0.05) is 38.5 Å². The Balaban J connectivity index is 0.000000204. The Morgan fingerprint density at radius 2 is 1.59 bits per heavy atom. The summed E-state index contributed by atoms with van der Waals surface area (Å²) in [4.78, 5) is 14.2. The summed E-state index contributed by atoms with van der Waals surface area (Å²) in [7, 11) is 4.23. The number of H-pyrrole nitrogens is 1. The average Bonchev–Trinajstić information content (AvgIpc) is 3.28. The van der Waals surface area contributed by atoms with E-state index < -0.39 is 0 Å². The molecule has 0 spiro atoms. The molecular weight excluding hydrogens is 358 g/mol. The van der Waals surface area contributed by atoms with Crippen molar-refractivity contribution < 1.29 is 0 Å². The molecule has 5 heteroatoms. The molecule has 162 valence electrons. The molecule has 0 aliphatic heterocycles. The monoisotopic (exact) mass is 399 g/mol. The molecule has 0 bridgehead atoms. The Morgan fingerprint density at radius 3 is 2.21 bits per heavy atom. The quantitative estimate of drug-likeness (QED) is 0.693. The van der Waals surface area contributed by atoms with Crippen LogP contribution in [0.15, 0.2) is 18.6 Å². The number of hydrogen-bond acceptors (Lipinski definition) is 4. The van der Waals surface area contributed by atoms with Gasteiger partial charge in [-0.25, -0.2) is 9.97 Å². The van der Waals surface area contributed by atoms with Crippen molar-refractivity contribution in [2.24, 2.45) is 11.8 Å². The first-order valence-corrected chi connectivity index (χ1v) is 11.8. The summed E-state index contributed by atoms with van der Waals surface area (Å²) in [6.45, 7) is 4.63. The van der Waals surface area contributed by atoms with Gasteiger partial charge in [0, 0.05) is 25.3 Å². The highest BCUT2D eigenvalue weighted by molar-refractivity contribution is 5.87. The lowest BCUT2D eigenvalue weighted by atomic mass is 9.84. The van der Waals surface area contributed by atoms with Gasteiger partial charge < -0.3 is 15.2 Å². The highest BCUT2D eigenvalue weighted by Gasteiger charge is 2.25. The summed E-state index contributed by atoms with van der Waals surface area (Å²) in [6.07, 6.45) is 17.7. The minimum Gasteiger partial charge on any atom is -0.356 e. The highest BCUT2D eigenvalue weighted by atomic mass is 15.2. The van der Waals surface area contributed by atoms with Gasteiger partial charge in [0.05, 0.1) is 5.39 Å². The van der Waals surface area contributed by atoms with E-state index >= 15 is 0 Å². The first-order valence-electron chi connectivity index (χ1n) is 11.8. The van der Waals surface area contributed by atoms with E-state index in [0.29, 0.717) is 6.04 Å². The molecule has 2 aromatic rings. The second-order valence-electron chi connectivity index (χ2n) is 9.16. The van der Waals surface area contributed by atoms with E-state index in [0.717, 1.165) is 34.7 Å². The molecule has 2 saturated carbocycles. The fourth-order valence-corrected chi connectivity index (χ4v) is 5.14. The Hall–Kier alpha value is -1.62. The summed E-state index contributed by atoms with van der Waals surface area (Å²) < 4.78 is 0. The molecule has 0 radical (unpaired) electrons. The van der Waals surface area contributed by atoms with Gasteiger partial charge >= 0.3 is 0 Å². The first-order chi connectivity index (χ1) is 14.1. The lowest BCUT2D eigenvalue weighted by molar-refractivity contribution is 0.291. The molecule has 2 fully saturated rings. The maximum Gasteiger partial charge on any atom is 0.142 e. The van der Waals surface area contributed by atoms with Crippen LogP contribution >= 0.6 is 0 Å². The van der Waals surface area contributed by atoms with E-state index in [2.05, 4.69) is 59.2 Å². The minimum atomic E-state index is 0.535. The molecule has 2 heterocycles. The molecule has 0 saturated heterocycles. The van der Waals surface area contributed by atoms with Crippen LogP contribution in [0.2, 0.25) is 0 Å². The van der Waals surface area contributed by atoms with Crippen LogP contribution in [0.3, 0.4) is 0 Å². The molecule has 2 aromatic heterocycles. The molecule has 29 heavy (non-hydrogen) atoms. The Morgan fingerprint density at radius 1 is 0.966 bits per heavy atom. The molecule has 5 nitrogen and oxygen atoms in total. The number of rotatable bonds is 5. The first kappa shape index (κ1) is 22.1. The van der Waals surface area contributed by atoms with Crippen molar-refractivity contribution in [3.05, 3.63) is 18.6 Å². The average molecular weight is 400 g/mol.